The average molecular weight is 349 g/mol. The van der Waals surface area contributed by atoms with Crippen LogP contribution in [0.25, 0.3) is 0 Å². The maximum atomic E-state index is 13.9. The topological polar surface area (TPSA) is 50.3 Å². The number of nitrogens with zero attached hydrogens (tertiary/aromatic N) is 2. The van der Waals surface area contributed by atoms with Crippen LogP contribution in [0.1, 0.15) is 5.56 Å². The first-order chi connectivity index (χ1) is 9.82. The molecule has 0 unspecified atom stereocenters. The number of benzene rings is 1. The molecule has 0 saturated carbocycles. The largest absolute Gasteiger partial charge is 0.246 e. The Bertz CT molecular complexity index is 751. The van der Waals surface area contributed by atoms with Crippen LogP contribution in [0.2, 0.25) is 10.2 Å². The Labute approximate surface area is 132 Å². The Hall–Kier alpha value is -1.21. The lowest BCUT2D eigenvalue weighted by atomic mass is 10.3. The Morgan fingerprint density at radius 1 is 1.24 bits per heavy atom. The molecule has 0 fully saturated rings. The van der Waals surface area contributed by atoms with E-state index < -0.39 is 20.7 Å². The fourth-order valence-electron chi connectivity index (χ4n) is 1.69. The highest BCUT2D eigenvalue weighted by Gasteiger charge is 2.25. The third-order valence-electron chi connectivity index (χ3n) is 2.80. The Kier molecular flexibility index (Phi) is 4.83. The van der Waals surface area contributed by atoms with Crippen molar-refractivity contribution in [1.29, 1.82) is 0 Å². The van der Waals surface area contributed by atoms with Crippen LogP contribution in [0.4, 0.5) is 4.39 Å². The first-order valence-corrected chi connectivity index (χ1v) is 8.03. The van der Waals surface area contributed by atoms with Gasteiger partial charge < -0.3 is 0 Å². The lowest BCUT2D eigenvalue weighted by molar-refractivity contribution is 0.459. The molecule has 0 aliphatic heterocycles. The fourth-order valence-corrected chi connectivity index (χ4v) is 3.28. The number of hydrogen-bond acceptors (Lipinski definition) is 3. The summed E-state index contributed by atoms with van der Waals surface area (Å²) in [6.45, 7) is 0.0401. The standard InChI is InChI=1S/C13H11Cl2FN2O2S/c1-18(8-9-5-6-12(15)17-7-9)21(19,20)11-4-2-3-10(14)13(11)16/h2-7H,8H2,1H3. The molecule has 1 aromatic heterocycles. The molecule has 0 radical (unpaired) electrons. The van der Waals surface area contributed by atoms with Gasteiger partial charge in [-0.05, 0) is 23.8 Å². The molecule has 0 atom stereocenters. The highest BCUT2D eigenvalue weighted by molar-refractivity contribution is 7.89. The zero-order valence-corrected chi connectivity index (χ0v) is 13.3. The van der Waals surface area contributed by atoms with Gasteiger partial charge in [0.1, 0.15) is 10.0 Å². The van der Waals surface area contributed by atoms with Crippen LogP contribution in [0.5, 0.6) is 0 Å². The summed E-state index contributed by atoms with van der Waals surface area (Å²) in [4.78, 5) is 3.41. The van der Waals surface area contributed by atoms with E-state index in [1.807, 2.05) is 0 Å². The zero-order chi connectivity index (χ0) is 15.6. The van der Waals surface area contributed by atoms with E-state index in [0.717, 1.165) is 4.31 Å². The molecular weight excluding hydrogens is 338 g/mol. The molecule has 0 N–H and O–H groups in total. The molecular formula is C13H11Cl2FN2O2S. The van der Waals surface area contributed by atoms with Gasteiger partial charge in [-0.2, -0.15) is 4.31 Å². The van der Waals surface area contributed by atoms with E-state index in [0.29, 0.717) is 10.7 Å². The number of aromatic nitrogens is 1. The predicted molar refractivity (Wildman–Crippen MR) is 79.3 cm³/mol. The minimum atomic E-state index is -3.99. The lowest BCUT2D eigenvalue weighted by Gasteiger charge is -2.17. The van der Waals surface area contributed by atoms with Crippen LogP contribution in [0, 0.1) is 5.82 Å². The summed E-state index contributed by atoms with van der Waals surface area (Å²) < 4.78 is 39.6. The second kappa shape index (κ2) is 6.27. The predicted octanol–water partition coefficient (Wildman–Crippen LogP) is 3.35. The van der Waals surface area contributed by atoms with E-state index in [-0.39, 0.29) is 11.6 Å². The number of sulfonamides is 1. The van der Waals surface area contributed by atoms with Gasteiger partial charge in [0.05, 0.1) is 5.02 Å². The van der Waals surface area contributed by atoms with Crippen LogP contribution < -0.4 is 0 Å². The zero-order valence-electron chi connectivity index (χ0n) is 10.9. The lowest BCUT2D eigenvalue weighted by Crippen LogP contribution is -2.27. The second-order valence-corrected chi connectivity index (χ2v) is 7.11. The second-order valence-electron chi connectivity index (χ2n) is 4.30. The quantitative estimate of drug-likeness (QED) is 0.796. The highest BCUT2D eigenvalue weighted by Crippen LogP contribution is 2.25. The van der Waals surface area contributed by atoms with E-state index in [2.05, 4.69) is 4.98 Å². The molecule has 0 aliphatic carbocycles. The van der Waals surface area contributed by atoms with Gasteiger partial charge in [-0.3, -0.25) is 0 Å². The number of halogens is 3. The molecule has 8 heteroatoms. The number of pyridine rings is 1. The van der Waals surface area contributed by atoms with Crippen molar-refractivity contribution in [1.82, 2.24) is 9.29 Å². The molecule has 112 valence electrons. The molecule has 2 aromatic rings. The minimum Gasteiger partial charge on any atom is -0.244 e. The first kappa shape index (κ1) is 16.2. The van der Waals surface area contributed by atoms with Crippen LogP contribution in [0.3, 0.4) is 0 Å². The van der Waals surface area contributed by atoms with Gasteiger partial charge >= 0.3 is 0 Å². The highest BCUT2D eigenvalue weighted by atomic mass is 35.5. The van der Waals surface area contributed by atoms with Crippen molar-refractivity contribution in [2.45, 2.75) is 11.4 Å². The van der Waals surface area contributed by atoms with Gasteiger partial charge in [0.25, 0.3) is 0 Å². The van der Waals surface area contributed by atoms with Crippen molar-refractivity contribution >= 4 is 33.2 Å². The maximum Gasteiger partial charge on any atom is 0.246 e. The summed E-state index contributed by atoms with van der Waals surface area (Å²) in [5.74, 6) is -0.958. The van der Waals surface area contributed by atoms with Gasteiger partial charge in [-0.25, -0.2) is 17.8 Å². The first-order valence-electron chi connectivity index (χ1n) is 5.83. The summed E-state index contributed by atoms with van der Waals surface area (Å²) in [6.07, 6.45) is 1.46. The van der Waals surface area contributed by atoms with Gasteiger partial charge in [-0.1, -0.05) is 35.3 Å². The van der Waals surface area contributed by atoms with Crippen molar-refractivity contribution in [2.75, 3.05) is 7.05 Å². The third kappa shape index (κ3) is 3.52. The summed E-state index contributed by atoms with van der Waals surface area (Å²) in [5.41, 5.74) is 0.632. The molecule has 1 aromatic carbocycles. The van der Waals surface area contributed by atoms with Gasteiger partial charge in [0, 0.05) is 19.8 Å². The molecule has 21 heavy (non-hydrogen) atoms. The molecule has 4 nitrogen and oxygen atoms in total. The summed E-state index contributed by atoms with van der Waals surface area (Å²) in [6, 6.07) is 7.05. The van der Waals surface area contributed by atoms with Crippen molar-refractivity contribution in [3.63, 3.8) is 0 Å². The monoisotopic (exact) mass is 348 g/mol. The van der Waals surface area contributed by atoms with Crippen molar-refractivity contribution in [3.8, 4) is 0 Å². The van der Waals surface area contributed by atoms with E-state index in [4.69, 9.17) is 23.2 Å². The molecule has 0 spiro atoms. The Balaban J connectivity index is 2.30. The maximum absolute atomic E-state index is 13.9. The van der Waals surface area contributed by atoms with Crippen molar-refractivity contribution in [2.24, 2.45) is 0 Å². The van der Waals surface area contributed by atoms with Crippen LogP contribution >= 0.6 is 23.2 Å². The molecule has 2 rings (SSSR count). The average Bonchev–Trinajstić information content (AvgIpc) is 2.44. The van der Waals surface area contributed by atoms with Crippen LogP contribution in [-0.2, 0) is 16.6 Å². The van der Waals surface area contributed by atoms with Crippen LogP contribution in [-0.4, -0.2) is 24.8 Å². The molecule has 0 aliphatic rings. The number of rotatable bonds is 4. The van der Waals surface area contributed by atoms with Crippen molar-refractivity contribution < 1.29 is 12.8 Å². The third-order valence-corrected chi connectivity index (χ3v) is 5.13. The molecule has 0 saturated heterocycles. The van der Waals surface area contributed by atoms with Crippen molar-refractivity contribution in [3.05, 3.63) is 58.1 Å². The summed E-state index contributed by atoms with van der Waals surface area (Å²) >= 11 is 11.3. The van der Waals surface area contributed by atoms with E-state index in [1.54, 1.807) is 12.1 Å². The Morgan fingerprint density at radius 3 is 2.57 bits per heavy atom. The molecule has 1 heterocycles. The summed E-state index contributed by atoms with van der Waals surface area (Å²) in [5, 5.41) is 0.0720. The fraction of sp³-hybridized carbons (Fsp3) is 0.154. The SMILES string of the molecule is CN(Cc1ccc(Cl)nc1)S(=O)(=O)c1cccc(Cl)c1F. The van der Waals surface area contributed by atoms with Gasteiger partial charge in [0.15, 0.2) is 5.82 Å². The number of hydrogen-bond donors (Lipinski definition) is 0. The van der Waals surface area contributed by atoms with E-state index in [1.165, 1.54) is 31.4 Å². The molecule has 0 bridgehead atoms. The Morgan fingerprint density at radius 2 is 1.95 bits per heavy atom. The van der Waals surface area contributed by atoms with Gasteiger partial charge in [0.2, 0.25) is 10.0 Å². The minimum absolute atomic E-state index is 0.0401. The van der Waals surface area contributed by atoms with Crippen LogP contribution in [0.15, 0.2) is 41.4 Å². The van der Waals surface area contributed by atoms with E-state index >= 15 is 0 Å². The normalized spacial score (nSPS) is 11.9. The van der Waals surface area contributed by atoms with E-state index in [9.17, 15) is 12.8 Å². The van der Waals surface area contributed by atoms with Gasteiger partial charge in [-0.15, -0.1) is 0 Å². The summed E-state index contributed by atoms with van der Waals surface area (Å²) in [7, 11) is -2.64. The molecule has 0 amide bonds. The smallest absolute Gasteiger partial charge is 0.244 e.